The summed E-state index contributed by atoms with van der Waals surface area (Å²) in [6.45, 7) is 6.89. The van der Waals surface area contributed by atoms with E-state index < -0.39 is 32.1 Å². The van der Waals surface area contributed by atoms with Gasteiger partial charge in [0.1, 0.15) is 6.61 Å². The molecule has 3 atom stereocenters. The molecular formula is C30H39ClF2IN3O4S. The van der Waals surface area contributed by atoms with Crippen LogP contribution in [0.15, 0.2) is 53.4 Å². The van der Waals surface area contributed by atoms with Crippen molar-refractivity contribution in [3.8, 4) is 0 Å². The minimum atomic E-state index is -4.10. The molecule has 2 unspecified atom stereocenters. The lowest BCUT2D eigenvalue weighted by atomic mass is 9.92. The number of nitrogens with zero attached hydrogens (tertiary/aromatic N) is 3. The van der Waals surface area contributed by atoms with Crippen molar-refractivity contribution in [1.29, 1.82) is 0 Å². The smallest absolute Gasteiger partial charge is 0.409 e. The average molecular weight is 738 g/mol. The van der Waals surface area contributed by atoms with E-state index in [2.05, 4.69) is 18.7 Å². The van der Waals surface area contributed by atoms with Crippen LogP contribution >= 0.6 is 34.2 Å². The molecule has 0 aliphatic carbocycles. The Morgan fingerprint density at radius 3 is 2.40 bits per heavy atom. The number of piperidine rings is 1. The number of piperazine rings is 1. The largest absolute Gasteiger partial charge is 0.448 e. The molecular weight excluding hydrogens is 699 g/mol. The molecule has 0 bridgehead atoms. The fourth-order valence-electron chi connectivity index (χ4n) is 6.05. The third-order valence-electron chi connectivity index (χ3n) is 8.25. The molecule has 12 heteroatoms. The van der Waals surface area contributed by atoms with Crippen molar-refractivity contribution >= 4 is 50.3 Å². The summed E-state index contributed by atoms with van der Waals surface area (Å²) in [5, 5.41) is 0.395. The van der Waals surface area contributed by atoms with Crippen LogP contribution in [0, 0.1) is 0 Å². The number of halogens is 4. The first-order valence-corrected chi connectivity index (χ1v) is 17.5. The van der Waals surface area contributed by atoms with Crippen molar-refractivity contribution in [2.75, 3.05) is 32.8 Å². The molecule has 42 heavy (non-hydrogen) atoms. The summed E-state index contributed by atoms with van der Waals surface area (Å²) in [4.78, 5) is 17.2. The maximum Gasteiger partial charge on any atom is 0.409 e. The van der Waals surface area contributed by atoms with Crippen LogP contribution in [0.2, 0.25) is 5.02 Å². The normalized spacial score (nSPS) is 21.7. The first-order chi connectivity index (χ1) is 20.0. The van der Waals surface area contributed by atoms with Gasteiger partial charge in [-0.15, -0.1) is 0 Å². The molecule has 1 amide bonds. The van der Waals surface area contributed by atoms with Crippen LogP contribution < -0.4 is 0 Å². The third-order valence-corrected chi connectivity index (χ3v) is 11.1. The highest BCUT2D eigenvalue weighted by molar-refractivity contribution is 14.1. The number of alkyl halides is 3. The Morgan fingerprint density at radius 2 is 1.79 bits per heavy atom. The minimum Gasteiger partial charge on any atom is -0.448 e. The molecule has 232 valence electrons. The number of sulfonamides is 1. The molecule has 2 aliphatic heterocycles. The molecule has 4 rings (SSSR count). The third kappa shape index (κ3) is 7.94. The highest BCUT2D eigenvalue weighted by atomic mass is 127. The lowest BCUT2D eigenvalue weighted by Crippen LogP contribution is -2.53. The van der Waals surface area contributed by atoms with Crippen LogP contribution in [-0.4, -0.2) is 73.5 Å². The van der Waals surface area contributed by atoms with Crippen molar-refractivity contribution in [2.45, 2.75) is 79.3 Å². The SMILES string of the molecule is CCCC(CC)N1CCN(C(=O)OC[C@H]2CCCC(c3cccc(C(F)(F)I)c3)N2S(=O)(=O)c2ccc(Cl)cc2)CC1. The Bertz CT molecular complexity index is 1300. The number of hydrogen-bond donors (Lipinski definition) is 0. The second-order valence-corrected chi connectivity index (χ2v) is 14.6. The number of carbonyl (C=O) groups excluding carboxylic acids is 1. The van der Waals surface area contributed by atoms with Gasteiger partial charge in [-0.25, -0.2) is 13.2 Å². The Hall–Kier alpha value is -1.54. The molecule has 0 N–H and O–H groups in total. The van der Waals surface area contributed by atoms with Crippen LogP contribution in [0.25, 0.3) is 0 Å². The summed E-state index contributed by atoms with van der Waals surface area (Å²) < 4.78 is 60.6. The number of rotatable bonds is 10. The second-order valence-electron chi connectivity index (χ2n) is 11.0. The molecule has 2 heterocycles. The van der Waals surface area contributed by atoms with Gasteiger partial charge >= 0.3 is 10.0 Å². The fraction of sp³-hybridized carbons (Fsp3) is 0.567. The van der Waals surface area contributed by atoms with E-state index in [4.69, 9.17) is 16.3 Å². The van der Waals surface area contributed by atoms with E-state index in [9.17, 15) is 22.0 Å². The van der Waals surface area contributed by atoms with Crippen molar-refractivity contribution in [2.24, 2.45) is 0 Å². The van der Waals surface area contributed by atoms with Crippen LogP contribution in [-0.2, 0) is 18.7 Å². The van der Waals surface area contributed by atoms with E-state index >= 15 is 0 Å². The quantitative estimate of drug-likeness (QED) is 0.187. The first kappa shape index (κ1) is 33.4. The van der Waals surface area contributed by atoms with E-state index in [-0.39, 0.29) is 17.1 Å². The van der Waals surface area contributed by atoms with Gasteiger partial charge in [0.15, 0.2) is 0 Å². The number of amides is 1. The van der Waals surface area contributed by atoms with Gasteiger partial charge < -0.3 is 9.64 Å². The van der Waals surface area contributed by atoms with Crippen molar-refractivity contribution in [3.05, 3.63) is 64.7 Å². The van der Waals surface area contributed by atoms with Gasteiger partial charge in [-0.3, -0.25) is 4.90 Å². The molecule has 7 nitrogen and oxygen atoms in total. The molecule has 0 radical (unpaired) electrons. The van der Waals surface area contributed by atoms with Crippen LogP contribution in [0.1, 0.15) is 69.5 Å². The minimum absolute atomic E-state index is 0.0409. The Balaban J connectivity index is 1.55. The zero-order valence-corrected chi connectivity index (χ0v) is 27.8. The summed E-state index contributed by atoms with van der Waals surface area (Å²) in [5.41, 5.74) is 0.285. The molecule has 0 spiro atoms. The molecule has 2 aromatic carbocycles. The number of benzene rings is 2. The summed E-state index contributed by atoms with van der Waals surface area (Å²) >= 11 is 7.10. The van der Waals surface area contributed by atoms with Gasteiger partial charge in [-0.05, 0) is 68.0 Å². The topological polar surface area (TPSA) is 70.2 Å². The highest BCUT2D eigenvalue weighted by Crippen LogP contribution is 2.42. The van der Waals surface area contributed by atoms with Crippen LogP contribution in [0.5, 0.6) is 0 Å². The standard InChI is InChI=1S/C30H39ClF2IN3O4S/c1-3-7-25(4-2)35-16-18-36(19-17-35)29(38)41-21-26-10-6-11-28(22-8-5-9-23(20-22)30(32,33)34)37(26)42(39,40)27-14-12-24(31)13-15-27/h5,8-9,12-15,20,25-26,28H,3-4,6-7,10-11,16-19,21H2,1-2H3/t25?,26-,28?/m1/s1. The summed E-state index contributed by atoms with van der Waals surface area (Å²) in [6.07, 6.45) is 4.42. The Labute approximate surface area is 266 Å². The van der Waals surface area contributed by atoms with Gasteiger partial charge in [-0.2, -0.15) is 13.1 Å². The van der Waals surface area contributed by atoms with Gasteiger partial charge in [0.05, 0.1) is 17.0 Å². The Kier molecular flexibility index (Phi) is 11.5. The Morgan fingerprint density at radius 1 is 1.10 bits per heavy atom. The van der Waals surface area contributed by atoms with E-state index in [1.165, 1.54) is 46.8 Å². The van der Waals surface area contributed by atoms with Crippen molar-refractivity contribution in [1.82, 2.24) is 14.1 Å². The molecule has 2 aliphatic rings. The molecule has 0 aromatic heterocycles. The van der Waals surface area contributed by atoms with Crippen molar-refractivity contribution in [3.63, 3.8) is 0 Å². The second kappa shape index (κ2) is 14.5. The number of ether oxygens (including phenoxy) is 1. The first-order valence-electron chi connectivity index (χ1n) is 14.6. The van der Waals surface area contributed by atoms with Gasteiger partial charge in [0.2, 0.25) is 10.0 Å². The van der Waals surface area contributed by atoms with Gasteiger partial charge in [0.25, 0.3) is 0 Å². The van der Waals surface area contributed by atoms with Crippen LogP contribution in [0.4, 0.5) is 13.6 Å². The van der Waals surface area contributed by atoms with Crippen LogP contribution in [0.3, 0.4) is 0 Å². The number of hydrogen-bond acceptors (Lipinski definition) is 5. The molecule has 2 fully saturated rings. The highest BCUT2D eigenvalue weighted by Gasteiger charge is 2.42. The zero-order chi connectivity index (χ0) is 30.5. The summed E-state index contributed by atoms with van der Waals surface area (Å²) in [7, 11) is -4.10. The lowest BCUT2D eigenvalue weighted by Gasteiger charge is -2.42. The van der Waals surface area contributed by atoms with E-state index in [0.717, 1.165) is 54.9 Å². The predicted molar refractivity (Wildman–Crippen MR) is 169 cm³/mol. The molecule has 2 saturated heterocycles. The maximum atomic E-state index is 14.2. The van der Waals surface area contributed by atoms with E-state index in [0.29, 0.717) is 49.0 Å². The van der Waals surface area contributed by atoms with E-state index in [1.54, 1.807) is 11.0 Å². The maximum absolute atomic E-state index is 14.2. The summed E-state index contributed by atoms with van der Waals surface area (Å²) in [6, 6.07) is 10.9. The monoisotopic (exact) mass is 737 g/mol. The predicted octanol–water partition coefficient (Wildman–Crippen LogP) is 7.44. The molecule has 2 aromatic rings. The van der Waals surface area contributed by atoms with Crippen molar-refractivity contribution < 1.29 is 26.7 Å². The summed E-state index contributed by atoms with van der Waals surface area (Å²) in [5.74, 6) is 0. The zero-order valence-electron chi connectivity index (χ0n) is 24.0. The van der Waals surface area contributed by atoms with E-state index in [1.807, 2.05) is 0 Å². The van der Waals surface area contributed by atoms with Gasteiger partial charge in [0, 0.05) is 65.4 Å². The molecule has 0 saturated carbocycles. The lowest BCUT2D eigenvalue weighted by molar-refractivity contribution is 0.0408. The average Bonchev–Trinajstić information content (AvgIpc) is 2.98. The number of carbonyl (C=O) groups is 1. The van der Waals surface area contributed by atoms with Gasteiger partial charge in [-0.1, -0.05) is 50.1 Å². The fourth-order valence-corrected chi connectivity index (χ4v) is 8.35.